The minimum Gasteiger partial charge on any atom is -0.408 e. The standard InChI is InChI=1S/C16H10Cl2N4O/c17-13-5-2-6-14(18)12(13)8-15-21-22-16(23-15)20-11-4-1-3-10(7-11)9-19/h1-7H,8H2,(H,20,22). The van der Waals surface area contributed by atoms with Gasteiger partial charge in [-0.05, 0) is 35.9 Å². The van der Waals surface area contributed by atoms with E-state index in [0.29, 0.717) is 33.6 Å². The normalized spacial score (nSPS) is 10.3. The van der Waals surface area contributed by atoms with E-state index in [-0.39, 0.29) is 6.01 Å². The van der Waals surface area contributed by atoms with Gasteiger partial charge in [-0.1, -0.05) is 40.4 Å². The van der Waals surface area contributed by atoms with E-state index in [0.717, 1.165) is 5.56 Å². The molecular formula is C16H10Cl2N4O. The zero-order valence-electron chi connectivity index (χ0n) is 11.8. The summed E-state index contributed by atoms with van der Waals surface area (Å²) in [5.74, 6) is 0.388. The second kappa shape index (κ2) is 6.69. The second-order valence-electron chi connectivity index (χ2n) is 4.70. The van der Waals surface area contributed by atoms with Gasteiger partial charge in [-0.15, -0.1) is 5.10 Å². The number of aromatic nitrogens is 2. The quantitative estimate of drug-likeness (QED) is 0.749. The molecule has 0 aliphatic carbocycles. The van der Waals surface area contributed by atoms with Crippen LogP contribution in [0.5, 0.6) is 0 Å². The average Bonchev–Trinajstić information content (AvgIpc) is 2.98. The van der Waals surface area contributed by atoms with Crippen molar-refractivity contribution < 1.29 is 4.42 Å². The van der Waals surface area contributed by atoms with Gasteiger partial charge in [0.1, 0.15) is 0 Å². The van der Waals surface area contributed by atoms with Crippen molar-refractivity contribution in [3.8, 4) is 6.07 Å². The van der Waals surface area contributed by atoms with Crippen molar-refractivity contribution in [2.75, 3.05) is 5.32 Å². The van der Waals surface area contributed by atoms with Crippen molar-refractivity contribution in [2.45, 2.75) is 6.42 Å². The molecule has 0 spiro atoms. The van der Waals surface area contributed by atoms with Crippen molar-refractivity contribution in [1.29, 1.82) is 5.26 Å². The fourth-order valence-corrected chi connectivity index (χ4v) is 2.55. The molecule has 0 aliphatic rings. The maximum Gasteiger partial charge on any atom is 0.320 e. The Kier molecular flexibility index (Phi) is 4.47. The minimum absolute atomic E-state index is 0.235. The van der Waals surface area contributed by atoms with Crippen LogP contribution in [-0.2, 0) is 6.42 Å². The third kappa shape index (κ3) is 3.62. The van der Waals surface area contributed by atoms with E-state index in [4.69, 9.17) is 32.9 Å². The van der Waals surface area contributed by atoms with Crippen LogP contribution < -0.4 is 5.32 Å². The van der Waals surface area contributed by atoms with Gasteiger partial charge in [-0.3, -0.25) is 0 Å². The zero-order valence-corrected chi connectivity index (χ0v) is 13.3. The molecule has 3 aromatic rings. The van der Waals surface area contributed by atoms with Gasteiger partial charge >= 0.3 is 6.01 Å². The number of nitriles is 1. The second-order valence-corrected chi connectivity index (χ2v) is 5.51. The lowest BCUT2D eigenvalue weighted by atomic mass is 10.1. The molecule has 0 fully saturated rings. The molecule has 23 heavy (non-hydrogen) atoms. The van der Waals surface area contributed by atoms with Crippen LogP contribution in [-0.4, -0.2) is 10.2 Å². The van der Waals surface area contributed by atoms with Crippen molar-refractivity contribution in [1.82, 2.24) is 10.2 Å². The highest BCUT2D eigenvalue weighted by Gasteiger charge is 2.12. The summed E-state index contributed by atoms with van der Waals surface area (Å²) in [5, 5.41) is 20.8. The number of benzene rings is 2. The molecule has 0 atom stereocenters. The third-order valence-electron chi connectivity index (χ3n) is 3.10. The Morgan fingerprint density at radius 2 is 1.83 bits per heavy atom. The Morgan fingerprint density at radius 3 is 2.57 bits per heavy atom. The molecule has 114 valence electrons. The summed E-state index contributed by atoms with van der Waals surface area (Å²) in [6, 6.07) is 14.6. The Bertz CT molecular complexity index is 866. The lowest BCUT2D eigenvalue weighted by Gasteiger charge is -2.03. The monoisotopic (exact) mass is 344 g/mol. The lowest BCUT2D eigenvalue weighted by molar-refractivity contribution is 0.521. The molecule has 5 nitrogen and oxygen atoms in total. The van der Waals surface area contributed by atoms with E-state index in [1.165, 1.54) is 0 Å². The van der Waals surface area contributed by atoms with Gasteiger partial charge in [-0.25, -0.2) is 0 Å². The molecule has 0 unspecified atom stereocenters. The van der Waals surface area contributed by atoms with Gasteiger partial charge in [0.2, 0.25) is 5.89 Å². The molecule has 1 N–H and O–H groups in total. The molecular weight excluding hydrogens is 335 g/mol. The van der Waals surface area contributed by atoms with Crippen LogP contribution in [0.15, 0.2) is 46.9 Å². The number of rotatable bonds is 4. The van der Waals surface area contributed by atoms with E-state index in [9.17, 15) is 0 Å². The highest BCUT2D eigenvalue weighted by molar-refractivity contribution is 6.36. The highest BCUT2D eigenvalue weighted by Crippen LogP contribution is 2.27. The topological polar surface area (TPSA) is 74.7 Å². The molecule has 7 heteroatoms. The van der Waals surface area contributed by atoms with Gasteiger partial charge in [0.25, 0.3) is 0 Å². The van der Waals surface area contributed by atoms with E-state index in [2.05, 4.69) is 21.6 Å². The Balaban J connectivity index is 1.77. The summed E-state index contributed by atoms with van der Waals surface area (Å²) in [4.78, 5) is 0. The summed E-state index contributed by atoms with van der Waals surface area (Å²) in [7, 11) is 0. The summed E-state index contributed by atoms with van der Waals surface area (Å²) < 4.78 is 5.54. The van der Waals surface area contributed by atoms with Crippen LogP contribution in [0.2, 0.25) is 10.0 Å². The van der Waals surface area contributed by atoms with Gasteiger partial charge in [-0.2, -0.15) is 5.26 Å². The van der Waals surface area contributed by atoms with Gasteiger partial charge < -0.3 is 9.73 Å². The van der Waals surface area contributed by atoms with E-state index >= 15 is 0 Å². The van der Waals surface area contributed by atoms with Crippen LogP contribution in [0.25, 0.3) is 0 Å². The number of hydrogen-bond donors (Lipinski definition) is 1. The Hall–Kier alpha value is -2.55. The van der Waals surface area contributed by atoms with Crippen molar-refractivity contribution in [3.05, 3.63) is 69.5 Å². The minimum atomic E-state index is 0.235. The molecule has 0 saturated carbocycles. The highest BCUT2D eigenvalue weighted by atomic mass is 35.5. The predicted molar refractivity (Wildman–Crippen MR) is 88.0 cm³/mol. The lowest BCUT2D eigenvalue weighted by Crippen LogP contribution is -1.91. The van der Waals surface area contributed by atoms with Crippen LogP contribution in [0.3, 0.4) is 0 Å². The molecule has 1 heterocycles. The van der Waals surface area contributed by atoms with Crippen LogP contribution >= 0.6 is 23.2 Å². The predicted octanol–water partition coefficient (Wildman–Crippen LogP) is 4.58. The number of anilines is 2. The van der Waals surface area contributed by atoms with Crippen LogP contribution in [0.1, 0.15) is 17.0 Å². The fourth-order valence-electron chi connectivity index (χ4n) is 2.02. The van der Waals surface area contributed by atoms with Crippen molar-refractivity contribution >= 4 is 34.9 Å². The van der Waals surface area contributed by atoms with Crippen molar-refractivity contribution in [2.24, 2.45) is 0 Å². The zero-order chi connectivity index (χ0) is 16.2. The SMILES string of the molecule is N#Cc1cccc(Nc2nnc(Cc3c(Cl)cccc3Cl)o2)c1. The molecule has 3 rings (SSSR count). The fraction of sp³-hybridized carbons (Fsp3) is 0.0625. The molecule has 0 saturated heterocycles. The largest absolute Gasteiger partial charge is 0.408 e. The number of halogens is 2. The first-order chi connectivity index (χ1) is 11.2. The van der Waals surface area contributed by atoms with Gasteiger partial charge in [0, 0.05) is 15.7 Å². The molecule has 0 aliphatic heterocycles. The first-order valence-electron chi connectivity index (χ1n) is 6.68. The summed E-state index contributed by atoms with van der Waals surface area (Å²) in [6.45, 7) is 0. The molecule has 1 aromatic heterocycles. The van der Waals surface area contributed by atoms with Crippen LogP contribution in [0.4, 0.5) is 11.7 Å². The van der Waals surface area contributed by atoms with E-state index in [1.807, 2.05) is 0 Å². The molecule has 0 radical (unpaired) electrons. The van der Waals surface area contributed by atoms with E-state index < -0.39 is 0 Å². The van der Waals surface area contributed by atoms with Crippen molar-refractivity contribution in [3.63, 3.8) is 0 Å². The Labute approximate surface area is 142 Å². The summed E-state index contributed by atoms with van der Waals surface area (Å²) >= 11 is 12.3. The van der Waals surface area contributed by atoms with E-state index in [1.54, 1.807) is 42.5 Å². The number of nitrogens with one attached hydrogen (secondary N) is 1. The van der Waals surface area contributed by atoms with Gasteiger partial charge in [0.05, 0.1) is 18.1 Å². The Morgan fingerprint density at radius 1 is 1.09 bits per heavy atom. The number of hydrogen-bond acceptors (Lipinski definition) is 5. The van der Waals surface area contributed by atoms with Gasteiger partial charge in [0.15, 0.2) is 0 Å². The molecule has 2 aromatic carbocycles. The maximum atomic E-state index is 8.89. The molecule has 0 amide bonds. The first-order valence-corrected chi connectivity index (χ1v) is 7.44. The first kappa shape index (κ1) is 15.3. The summed E-state index contributed by atoms with van der Waals surface area (Å²) in [6.07, 6.45) is 0.339. The summed E-state index contributed by atoms with van der Waals surface area (Å²) in [5.41, 5.74) is 1.96. The smallest absolute Gasteiger partial charge is 0.320 e. The third-order valence-corrected chi connectivity index (χ3v) is 3.81. The maximum absolute atomic E-state index is 8.89. The number of nitrogens with zero attached hydrogens (tertiary/aromatic N) is 3. The average molecular weight is 345 g/mol. The van der Waals surface area contributed by atoms with Crippen LogP contribution in [0, 0.1) is 11.3 Å². The molecule has 0 bridgehead atoms.